The van der Waals surface area contributed by atoms with Gasteiger partial charge in [0, 0.05) is 21.1 Å². The van der Waals surface area contributed by atoms with Gasteiger partial charge >= 0.3 is 148 Å². The summed E-state index contributed by atoms with van der Waals surface area (Å²) >= 11 is 3.13. The van der Waals surface area contributed by atoms with Crippen molar-refractivity contribution < 1.29 is 44.3 Å². The standard InChI is InChI=1S/C13H10Se.5CO.W/c14-13(11-7-3-1-4-8-11)12-9-5-2-6-10-12;5*1-2;/h1-10H;;;;;;. The summed E-state index contributed by atoms with van der Waals surface area (Å²) in [5.41, 5.74) is 2.47. The third-order valence-electron chi connectivity index (χ3n) is 2.07. The normalized spacial score (nSPS) is 5.84. The Labute approximate surface area is 169 Å². The van der Waals surface area contributed by atoms with E-state index >= 15 is 0 Å². The van der Waals surface area contributed by atoms with Crippen molar-refractivity contribution in [1.82, 2.24) is 0 Å². The summed E-state index contributed by atoms with van der Waals surface area (Å²) in [4.78, 5) is 0. The zero-order valence-electron chi connectivity index (χ0n) is 12.6. The smallest absolute Gasteiger partial charge is 0 e. The average Bonchev–Trinajstić information content (AvgIpc) is 2.76. The molecule has 2 rings (SSSR count). The van der Waals surface area contributed by atoms with Crippen LogP contribution in [0.1, 0.15) is 11.1 Å². The van der Waals surface area contributed by atoms with Crippen LogP contribution in [0.2, 0.25) is 0 Å². The molecular formula is C18H10O5SeW. The van der Waals surface area contributed by atoms with E-state index in [1.807, 2.05) is 12.1 Å². The molecule has 0 spiro atoms. The zero-order valence-corrected chi connectivity index (χ0v) is 17.3. The molecule has 2 aromatic rings. The quantitative estimate of drug-likeness (QED) is 0.302. The van der Waals surface area contributed by atoms with Gasteiger partial charge in [0.2, 0.25) is 0 Å². The second-order valence-electron chi connectivity index (χ2n) is 3.06. The van der Waals surface area contributed by atoms with Gasteiger partial charge in [-0.1, -0.05) is 0 Å². The molecule has 0 fully saturated rings. The first kappa shape index (κ1) is 34.5. The maximum Gasteiger partial charge on any atom is 0 e. The molecule has 0 aliphatic carbocycles. The van der Waals surface area contributed by atoms with E-state index in [0.717, 1.165) is 0 Å². The molecule has 0 amide bonds. The summed E-state index contributed by atoms with van der Waals surface area (Å²) in [6, 6.07) is 20.7. The third kappa shape index (κ3) is 18.4. The van der Waals surface area contributed by atoms with Crippen LogP contribution in [0.25, 0.3) is 0 Å². The molecule has 0 aliphatic heterocycles. The van der Waals surface area contributed by atoms with Gasteiger partial charge in [0.1, 0.15) is 0 Å². The van der Waals surface area contributed by atoms with Crippen molar-refractivity contribution in [2.45, 2.75) is 0 Å². The van der Waals surface area contributed by atoms with Gasteiger partial charge in [-0.3, -0.25) is 0 Å². The van der Waals surface area contributed by atoms with E-state index in [-0.39, 0.29) is 21.1 Å². The number of hydrogen-bond donors (Lipinski definition) is 0. The second-order valence-corrected chi connectivity index (χ2v) is 3.92. The molecule has 0 aromatic heterocycles. The summed E-state index contributed by atoms with van der Waals surface area (Å²) in [5, 5.41) is 0. The monoisotopic (exact) mass is 570 g/mol. The van der Waals surface area contributed by atoms with E-state index in [2.05, 4.69) is 97.4 Å². The van der Waals surface area contributed by atoms with E-state index in [1.54, 1.807) is 0 Å². The Hall–Kier alpha value is -1.78. The van der Waals surface area contributed by atoms with Crippen LogP contribution >= 0.6 is 0 Å². The van der Waals surface area contributed by atoms with Crippen LogP contribution in [-0.2, 0) is 44.3 Å². The fourth-order valence-corrected chi connectivity index (χ4v) is 1.92. The van der Waals surface area contributed by atoms with Gasteiger partial charge in [0.15, 0.2) is 0 Å². The number of rotatable bonds is 2. The Bertz CT molecular complexity index is 555. The topological polar surface area (TPSA) is 99.5 Å². The molecule has 0 atom stereocenters. The summed E-state index contributed by atoms with van der Waals surface area (Å²) in [6.45, 7) is 22.5. The van der Waals surface area contributed by atoms with Crippen LogP contribution in [-0.4, -0.2) is 20.0 Å². The van der Waals surface area contributed by atoms with Crippen LogP contribution in [0.5, 0.6) is 0 Å². The Morgan fingerprint density at radius 3 is 0.920 bits per heavy atom. The first-order valence-electron chi connectivity index (χ1n) is 5.55. The van der Waals surface area contributed by atoms with Crippen molar-refractivity contribution in [3.05, 3.63) is 105 Å². The molecule has 2 aromatic carbocycles. The maximum atomic E-state index is 7.50. The molecule has 0 saturated heterocycles. The van der Waals surface area contributed by atoms with Crippen LogP contribution in [0.3, 0.4) is 0 Å². The van der Waals surface area contributed by atoms with E-state index in [4.69, 9.17) is 23.3 Å². The number of benzene rings is 2. The van der Waals surface area contributed by atoms with Gasteiger partial charge in [0.05, 0.1) is 0 Å². The van der Waals surface area contributed by atoms with Crippen molar-refractivity contribution >= 4 is 20.0 Å². The molecule has 0 heterocycles. The Morgan fingerprint density at radius 2 is 0.720 bits per heavy atom. The predicted octanol–water partition coefficient (Wildman–Crippen LogP) is 2.23. The van der Waals surface area contributed by atoms with Crippen molar-refractivity contribution in [2.24, 2.45) is 0 Å². The van der Waals surface area contributed by atoms with E-state index in [1.165, 1.54) is 15.5 Å². The van der Waals surface area contributed by atoms with Gasteiger partial charge in [-0.25, -0.2) is 0 Å². The third-order valence-corrected chi connectivity index (χ3v) is 3.06. The van der Waals surface area contributed by atoms with Crippen molar-refractivity contribution in [3.63, 3.8) is 0 Å². The molecule has 0 N–H and O–H groups in total. The van der Waals surface area contributed by atoms with Crippen LogP contribution < -0.4 is 0 Å². The minimum absolute atomic E-state index is 0. The summed E-state index contributed by atoms with van der Waals surface area (Å²) < 4.78 is 38.7. The first-order chi connectivity index (χ1) is 11.9. The molecule has 0 radical (unpaired) electrons. The minimum atomic E-state index is 0. The number of hydrogen-bond acceptors (Lipinski definition) is 0. The van der Waals surface area contributed by atoms with Crippen molar-refractivity contribution in [2.75, 3.05) is 0 Å². The van der Waals surface area contributed by atoms with E-state index < -0.39 is 0 Å². The summed E-state index contributed by atoms with van der Waals surface area (Å²) in [7, 11) is 0. The van der Waals surface area contributed by atoms with Crippen molar-refractivity contribution in [3.8, 4) is 0 Å². The molecule has 124 valence electrons. The minimum Gasteiger partial charge on any atom is 0 e. The van der Waals surface area contributed by atoms with Crippen LogP contribution in [0.4, 0.5) is 0 Å². The molecule has 0 bridgehead atoms. The van der Waals surface area contributed by atoms with E-state index in [9.17, 15) is 0 Å². The average molecular weight is 569 g/mol. The van der Waals surface area contributed by atoms with E-state index in [0.29, 0.717) is 0 Å². The molecule has 0 unspecified atom stereocenters. The zero-order chi connectivity index (χ0) is 19.8. The Balaban J connectivity index is -0.000000105. The van der Waals surface area contributed by atoms with Gasteiger partial charge in [-0.15, -0.1) is 0 Å². The van der Waals surface area contributed by atoms with Crippen LogP contribution in [0, 0.1) is 33.3 Å². The van der Waals surface area contributed by atoms with Crippen LogP contribution in [0.15, 0.2) is 60.7 Å². The molecule has 25 heavy (non-hydrogen) atoms. The van der Waals surface area contributed by atoms with Gasteiger partial charge in [-0.2, -0.15) is 0 Å². The van der Waals surface area contributed by atoms with Gasteiger partial charge in [0.25, 0.3) is 0 Å². The largest absolute Gasteiger partial charge is 0 e. The summed E-state index contributed by atoms with van der Waals surface area (Å²) in [6.07, 6.45) is 0. The second kappa shape index (κ2) is 33.7. The SMILES string of the molecule is [C-]#[O+].[C-]#[O+].[C-]#[O+].[C-]#[O+].[C-]#[O+].[Se]=C(c1ccccc1)c1ccccc1.[W]. The fourth-order valence-electron chi connectivity index (χ4n) is 1.35. The Kier molecular flexibility index (Phi) is 46.6. The molecule has 7 heteroatoms. The molecular weight excluding hydrogens is 559 g/mol. The fraction of sp³-hybridized carbons (Fsp3) is 0. The first-order valence-corrected chi connectivity index (χ1v) is 6.40. The van der Waals surface area contributed by atoms with Gasteiger partial charge < -0.3 is 0 Å². The van der Waals surface area contributed by atoms with Crippen molar-refractivity contribution in [1.29, 1.82) is 0 Å². The Morgan fingerprint density at radius 1 is 0.520 bits per heavy atom. The molecule has 5 nitrogen and oxygen atoms in total. The summed E-state index contributed by atoms with van der Waals surface area (Å²) in [5.74, 6) is 0. The molecule has 0 saturated carbocycles. The van der Waals surface area contributed by atoms with Gasteiger partial charge in [-0.05, 0) is 0 Å². The maximum absolute atomic E-state index is 7.50. The predicted molar refractivity (Wildman–Crippen MR) is 81.5 cm³/mol. The molecule has 0 aliphatic rings.